The molecule has 2 saturated heterocycles. The summed E-state index contributed by atoms with van der Waals surface area (Å²) in [6.45, 7) is 9.94. The van der Waals surface area contributed by atoms with E-state index >= 15 is 0 Å². The minimum atomic E-state index is -1.69. The lowest BCUT2D eigenvalue weighted by atomic mass is 9.98. The van der Waals surface area contributed by atoms with Crippen LogP contribution in [0.2, 0.25) is 0 Å². The summed E-state index contributed by atoms with van der Waals surface area (Å²) in [6.07, 6.45) is -13.8. The molecule has 2 aliphatic heterocycles. The first-order chi connectivity index (χ1) is 14.9. The van der Waals surface area contributed by atoms with Crippen LogP contribution in [0.5, 0.6) is 0 Å². The van der Waals surface area contributed by atoms with Crippen molar-refractivity contribution in [3.8, 4) is 0 Å². The third-order valence-electron chi connectivity index (χ3n) is 4.60. The molecule has 13 nitrogen and oxygen atoms in total. The number of carboxylic acids is 1. The van der Waals surface area contributed by atoms with Crippen LogP contribution >= 0.6 is 0 Å². The molecule has 0 amide bonds. The largest absolute Gasteiger partial charge is 0.479 e. The predicted octanol–water partition coefficient (Wildman–Crippen LogP) is -1.43. The molecule has 0 spiro atoms. The van der Waals surface area contributed by atoms with Crippen molar-refractivity contribution in [3.05, 3.63) is 0 Å². The average molecular weight is 519 g/mol. The number of carbonyl (C=O) groups is 1. The van der Waals surface area contributed by atoms with Crippen LogP contribution in [0.25, 0.3) is 0 Å². The highest BCUT2D eigenvalue weighted by molar-refractivity contribution is 5.73. The summed E-state index contributed by atoms with van der Waals surface area (Å²) in [5, 5.41) is 75.0. The molecule has 2 aliphatic rings. The molecule has 2 heterocycles. The van der Waals surface area contributed by atoms with E-state index in [9.17, 15) is 35.4 Å². The molecule has 0 aliphatic carbocycles. The minimum absolute atomic E-state index is 0. The predicted molar refractivity (Wildman–Crippen MR) is 123 cm³/mol. The summed E-state index contributed by atoms with van der Waals surface area (Å²) in [6, 6.07) is 0. The highest BCUT2D eigenvalue weighted by Crippen LogP contribution is 2.26. The van der Waals surface area contributed by atoms with Gasteiger partial charge in [-0.1, -0.05) is 14.9 Å². The van der Waals surface area contributed by atoms with Crippen LogP contribution in [-0.2, 0) is 23.7 Å². The smallest absolute Gasteiger partial charge is 0.335 e. The Balaban J connectivity index is 0. The van der Waals surface area contributed by atoms with Crippen molar-refractivity contribution in [3.63, 3.8) is 0 Å². The van der Waals surface area contributed by atoms with E-state index in [-0.39, 0.29) is 14.9 Å². The Morgan fingerprint density at radius 3 is 1.40 bits per heavy atom. The SMILES string of the molecule is C.C.CC(C)(C)O[C@@H]1O[C@H](C(=O)O)[C@@H](O)[C@H](O)[C@H]1O.CC(C)(C)O[C@@H]1O[C@H](CO)[C@@H](O)[C@H](O)[C@H]1O. The molecular formula is C22H46O13. The van der Waals surface area contributed by atoms with Gasteiger partial charge >= 0.3 is 5.97 Å². The van der Waals surface area contributed by atoms with Crippen LogP contribution in [0, 0.1) is 0 Å². The topological polar surface area (TPSA) is 216 Å². The quantitative estimate of drug-likeness (QED) is 0.214. The van der Waals surface area contributed by atoms with Crippen molar-refractivity contribution in [1.29, 1.82) is 0 Å². The second-order valence-corrected chi connectivity index (χ2v) is 9.89. The van der Waals surface area contributed by atoms with Gasteiger partial charge in [-0.25, -0.2) is 4.79 Å². The lowest BCUT2D eigenvalue weighted by Gasteiger charge is -2.41. The Kier molecular flexibility index (Phi) is 14.6. The molecule has 8 N–H and O–H groups in total. The number of ether oxygens (including phenoxy) is 4. The van der Waals surface area contributed by atoms with Crippen LogP contribution in [0.1, 0.15) is 56.4 Å². The third kappa shape index (κ3) is 10.5. The van der Waals surface area contributed by atoms with E-state index in [1.54, 1.807) is 41.5 Å². The molecule has 212 valence electrons. The second kappa shape index (κ2) is 14.1. The normalized spacial score (nSPS) is 37.7. The van der Waals surface area contributed by atoms with Gasteiger partial charge in [0.05, 0.1) is 17.8 Å². The molecule has 0 bridgehead atoms. The van der Waals surface area contributed by atoms with Gasteiger partial charge in [-0.2, -0.15) is 0 Å². The number of rotatable bonds is 4. The Hall–Kier alpha value is -0.970. The van der Waals surface area contributed by atoms with Gasteiger partial charge in [0.15, 0.2) is 18.7 Å². The molecule has 2 fully saturated rings. The summed E-state index contributed by atoms with van der Waals surface area (Å²) in [5.41, 5.74) is -1.25. The van der Waals surface area contributed by atoms with Gasteiger partial charge in [0.1, 0.15) is 42.7 Å². The van der Waals surface area contributed by atoms with Crippen LogP contribution in [0.15, 0.2) is 0 Å². The van der Waals surface area contributed by atoms with Crippen molar-refractivity contribution in [2.24, 2.45) is 0 Å². The number of aliphatic carboxylic acids is 1. The number of carboxylic acid groups (broad SMARTS) is 1. The lowest BCUT2D eigenvalue weighted by Crippen LogP contribution is -2.61. The Labute approximate surface area is 206 Å². The van der Waals surface area contributed by atoms with Gasteiger partial charge in [-0.3, -0.25) is 0 Å². The zero-order chi connectivity index (χ0) is 25.9. The van der Waals surface area contributed by atoms with E-state index < -0.39 is 85.2 Å². The van der Waals surface area contributed by atoms with Gasteiger partial charge in [-0.15, -0.1) is 0 Å². The molecule has 0 radical (unpaired) electrons. The first-order valence-electron chi connectivity index (χ1n) is 10.5. The summed E-state index contributed by atoms with van der Waals surface area (Å²) in [5.74, 6) is -1.43. The van der Waals surface area contributed by atoms with Crippen molar-refractivity contribution in [2.45, 2.75) is 129 Å². The summed E-state index contributed by atoms with van der Waals surface area (Å²) in [4.78, 5) is 10.8. The summed E-state index contributed by atoms with van der Waals surface area (Å²) < 4.78 is 20.8. The second-order valence-electron chi connectivity index (χ2n) is 9.89. The molecule has 10 atom stereocenters. The lowest BCUT2D eigenvalue weighted by molar-refractivity contribution is -0.320. The monoisotopic (exact) mass is 518 g/mol. The number of hydrogen-bond acceptors (Lipinski definition) is 12. The van der Waals surface area contributed by atoms with E-state index in [4.69, 9.17) is 29.2 Å². The van der Waals surface area contributed by atoms with E-state index in [0.717, 1.165) is 0 Å². The van der Waals surface area contributed by atoms with Crippen LogP contribution in [0.3, 0.4) is 0 Å². The third-order valence-corrected chi connectivity index (χ3v) is 4.60. The number of aliphatic hydroxyl groups excluding tert-OH is 7. The molecule has 0 aromatic heterocycles. The van der Waals surface area contributed by atoms with Gasteiger partial charge in [0.2, 0.25) is 0 Å². The standard InChI is InChI=1S/C10H18O7.C10H20O6.2CH4/c1-10(2,3)17-9-6(13)4(11)5(12)7(16-9)8(14)15;1-10(2,3)16-9-8(14)7(13)6(12)5(4-11)15-9;;/h4-7,9,11-13H,1-3H3,(H,14,15);5-9,11-14H,4H2,1-3H3;2*1H4/t4-,5-,6+,7-,9-;5-,6-,7+,8-,9+;;/m01../s1. The van der Waals surface area contributed by atoms with Crippen LogP contribution < -0.4 is 0 Å². The summed E-state index contributed by atoms with van der Waals surface area (Å²) >= 11 is 0. The van der Waals surface area contributed by atoms with Crippen molar-refractivity contribution >= 4 is 5.97 Å². The minimum Gasteiger partial charge on any atom is -0.479 e. The Morgan fingerprint density at radius 2 is 1.06 bits per heavy atom. The van der Waals surface area contributed by atoms with E-state index in [0.29, 0.717) is 0 Å². The maximum atomic E-state index is 10.8. The zero-order valence-electron chi connectivity index (χ0n) is 19.6. The van der Waals surface area contributed by atoms with Gasteiger partial charge in [0, 0.05) is 0 Å². The molecule has 35 heavy (non-hydrogen) atoms. The molecule has 0 aromatic carbocycles. The average Bonchev–Trinajstić information content (AvgIpc) is 2.67. The maximum absolute atomic E-state index is 10.8. The van der Waals surface area contributed by atoms with Crippen molar-refractivity contribution in [1.82, 2.24) is 0 Å². The highest BCUT2D eigenvalue weighted by Gasteiger charge is 2.48. The van der Waals surface area contributed by atoms with E-state index in [2.05, 4.69) is 0 Å². The summed E-state index contributed by atoms with van der Waals surface area (Å²) in [7, 11) is 0. The fourth-order valence-electron chi connectivity index (χ4n) is 3.01. The van der Waals surface area contributed by atoms with Crippen LogP contribution in [-0.4, -0.2) is 126 Å². The Morgan fingerprint density at radius 1 is 0.686 bits per heavy atom. The molecule has 2 rings (SSSR count). The number of aliphatic hydroxyl groups is 7. The van der Waals surface area contributed by atoms with Crippen molar-refractivity contribution in [2.75, 3.05) is 6.61 Å². The molecule has 0 saturated carbocycles. The molecule has 13 heteroatoms. The Bertz CT molecular complexity index is 615. The van der Waals surface area contributed by atoms with Gasteiger partial charge in [-0.05, 0) is 41.5 Å². The number of hydrogen-bond donors (Lipinski definition) is 8. The molecule has 0 aromatic rings. The van der Waals surface area contributed by atoms with Crippen LogP contribution in [0.4, 0.5) is 0 Å². The maximum Gasteiger partial charge on any atom is 0.335 e. The zero-order valence-corrected chi connectivity index (χ0v) is 19.6. The van der Waals surface area contributed by atoms with Gasteiger partial charge in [0.25, 0.3) is 0 Å². The van der Waals surface area contributed by atoms with E-state index in [1.165, 1.54) is 0 Å². The fraction of sp³-hybridized carbons (Fsp3) is 0.955. The first-order valence-corrected chi connectivity index (χ1v) is 10.5. The first kappa shape index (κ1) is 36.2. The van der Waals surface area contributed by atoms with Gasteiger partial charge < -0.3 is 59.8 Å². The van der Waals surface area contributed by atoms with E-state index in [1.807, 2.05) is 0 Å². The fourth-order valence-corrected chi connectivity index (χ4v) is 3.01. The van der Waals surface area contributed by atoms with Crippen molar-refractivity contribution < 1.29 is 64.6 Å². The molecular weight excluding hydrogens is 472 g/mol. The molecule has 0 unspecified atom stereocenters. The highest BCUT2D eigenvalue weighted by atomic mass is 16.7.